The van der Waals surface area contributed by atoms with Gasteiger partial charge in [0.25, 0.3) is 5.56 Å². The lowest BCUT2D eigenvalue weighted by atomic mass is 9.85. The number of hydrogen-bond acceptors (Lipinski definition) is 20. The molecule has 9 aromatic carbocycles. The maximum absolute atomic E-state index is 13.4. The van der Waals surface area contributed by atoms with E-state index >= 15 is 0 Å². The van der Waals surface area contributed by atoms with Crippen molar-refractivity contribution >= 4 is 82.8 Å². The first-order valence-electron chi connectivity index (χ1n) is 44.8. The van der Waals surface area contributed by atoms with Gasteiger partial charge in [0.05, 0.1) is 76.3 Å². The van der Waals surface area contributed by atoms with E-state index < -0.39 is 65.5 Å². The van der Waals surface area contributed by atoms with Crippen LogP contribution in [0.15, 0.2) is 205 Å². The Labute approximate surface area is 788 Å². The average molecular weight is 1890 g/mol. The third kappa shape index (κ3) is 21.6. The van der Waals surface area contributed by atoms with Crippen molar-refractivity contribution < 1.29 is 106 Å². The monoisotopic (exact) mass is 1890 g/mol. The third-order valence-electron chi connectivity index (χ3n) is 23.4. The number of ketones is 3. The number of ether oxygens (including phenoxy) is 11. The Morgan fingerprint density at radius 3 is 1.21 bits per heavy atom. The highest BCUT2D eigenvalue weighted by atomic mass is 19.4. The van der Waals surface area contributed by atoms with Gasteiger partial charge in [-0.3, -0.25) is 34.1 Å². The van der Waals surface area contributed by atoms with E-state index in [4.69, 9.17) is 62.8 Å². The number of aryl methyl sites for hydroxylation is 3. The number of alkyl halides is 9. The minimum atomic E-state index is -4.90. The fraction of sp³-hybridized carbons (Fsp3) is 0.306. The molecule has 0 spiro atoms. The van der Waals surface area contributed by atoms with E-state index in [1.165, 1.54) is 92.1 Å². The van der Waals surface area contributed by atoms with Gasteiger partial charge < -0.3 is 56.7 Å². The van der Waals surface area contributed by atoms with Crippen LogP contribution in [0.3, 0.4) is 0 Å². The summed E-state index contributed by atoms with van der Waals surface area (Å²) < 4.78 is 178. The van der Waals surface area contributed by atoms with E-state index in [9.17, 15) is 58.7 Å². The SMILES string of the molecule is CC(=O)[C@@H](OC(C)(C)C)c1c(C)cc2c(ccc(=O)n2Cc2ccccc2OC(F)(F)F)c1-c1ccc2c3c(ccnc13)CCO2.CC(=O)[C@@H](OC(C)(C)C)c1c(C)cc2nc(OCc3ccc(OC(F)(F)F)cc3)ccc2c1-c1ccc2c3c(ccnc13)CCO2.CC(=O)[C@@H](OC(C)(C)C)c1c(C)cc2nc(OCc3cccc(OC(F)(F)F)c3)ccc2c1-c1ccc2c3c(ccnc13)CCO2. The molecule has 0 bridgehead atoms. The number of carbonyl (C=O) groups excluding carboxylic acids is 3. The number of halogens is 9. The molecule has 0 saturated heterocycles. The Kier molecular flexibility index (Phi) is 27.0. The smallest absolute Gasteiger partial charge is 0.493 e. The predicted octanol–water partition coefficient (Wildman–Crippen LogP) is 25.1. The fourth-order valence-electron chi connectivity index (χ4n) is 18.0. The van der Waals surface area contributed by atoms with Crippen molar-refractivity contribution in [1.82, 2.24) is 29.5 Å². The number of pyridine rings is 6. The quantitative estimate of drug-likeness (QED) is 0.0541. The molecule has 0 fully saturated rings. The van der Waals surface area contributed by atoms with Crippen molar-refractivity contribution in [2.75, 3.05) is 19.8 Å². The van der Waals surface area contributed by atoms with Crippen LogP contribution in [0.25, 0.3) is 98.8 Å². The third-order valence-corrected chi connectivity index (χ3v) is 23.4. The Hall–Kier alpha value is -14.1. The molecule has 0 N–H and O–H groups in total. The number of para-hydroxylation sites is 1. The molecule has 21 nitrogen and oxygen atoms in total. The number of rotatable bonds is 23. The first kappa shape index (κ1) is 97.0. The lowest BCUT2D eigenvalue weighted by molar-refractivity contribution is -0.275. The fourth-order valence-corrected chi connectivity index (χ4v) is 18.0. The second-order valence-electron chi connectivity index (χ2n) is 37.1. The molecule has 714 valence electrons. The van der Waals surface area contributed by atoms with Gasteiger partial charge in [0.15, 0.2) is 17.3 Å². The molecule has 9 heterocycles. The van der Waals surface area contributed by atoms with Crippen LogP contribution in [0.4, 0.5) is 39.5 Å². The first-order valence-corrected chi connectivity index (χ1v) is 44.8. The van der Waals surface area contributed by atoms with Gasteiger partial charge in [0.1, 0.15) is 66.0 Å². The zero-order valence-corrected chi connectivity index (χ0v) is 78.4. The minimum Gasteiger partial charge on any atom is -0.493 e. The molecular formula is C108H99F9N6O15. The Morgan fingerprint density at radius 1 is 0.406 bits per heavy atom. The first-order chi connectivity index (χ1) is 65.3. The highest BCUT2D eigenvalue weighted by Gasteiger charge is 2.39. The summed E-state index contributed by atoms with van der Waals surface area (Å²) in [6.45, 7) is 28.9. The maximum atomic E-state index is 13.4. The van der Waals surface area contributed by atoms with Crippen LogP contribution < -0.4 is 43.5 Å². The molecule has 18 rings (SSSR count). The molecule has 0 aliphatic carbocycles. The molecule has 0 radical (unpaired) electrons. The van der Waals surface area contributed by atoms with Gasteiger partial charge in [-0.2, -0.15) is 0 Å². The summed E-state index contributed by atoms with van der Waals surface area (Å²) in [7, 11) is 0. The Morgan fingerprint density at radius 2 is 0.797 bits per heavy atom. The van der Waals surface area contributed by atoms with Crippen LogP contribution in [0.5, 0.6) is 46.3 Å². The Bertz CT molecular complexity index is 7320. The number of nitrogens with zero attached hydrogens (tertiary/aromatic N) is 6. The number of carbonyl (C=O) groups is 3. The van der Waals surface area contributed by atoms with Crippen molar-refractivity contribution in [1.29, 1.82) is 0 Å². The van der Waals surface area contributed by atoms with Crippen LogP contribution in [-0.4, -0.2) is 103 Å². The van der Waals surface area contributed by atoms with Gasteiger partial charge in [-0.25, -0.2) is 9.97 Å². The van der Waals surface area contributed by atoms with Crippen LogP contribution in [0.2, 0.25) is 0 Å². The van der Waals surface area contributed by atoms with Crippen LogP contribution >= 0.6 is 0 Å². The van der Waals surface area contributed by atoms with Crippen molar-refractivity contribution in [3.05, 3.63) is 278 Å². The molecule has 3 atom stereocenters. The molecule has 3 aliphatic rings. The van der Waals surface area contributed by atoms with Crippen LogP contribution in [0.1, 0.15) is 168 Å². The lowest BCUT2D eigenvalue weighted by Crippen LogP contribution is -2.28. The van der Waals surface area contributed by atoms with Gasteiger partial charge in [-0.15, -0.1) is 39.5 Å². The van der Waals surface area contributed by atoms with Gasteiger partial charge in [0, 0.05) is 111 Å². The second-order valence-corrected chi connectivity index (χ2v) is 37.1. The molecule has 0 amide bonds. The zero-order chi connectivity index (χ0) is 98.6. The summed E-state index contributed by atoms with van der Waals surface area (Å²) in [5.41, 5.74) is 15.2. The van der Waals surface area contributed by atoms with Gasteiger partial charge in [0.2, 0.25) is 11.8 Å². The van der Waals surface area contributed by atoms with E-state index in [0.717, 1.165) is 124 Å². The van der Waals surface area contributed by atoms with Crippen LogP contribution in [0, 0.1) is 20.8 Å². The van der Waals surface area contributed by atoms with Gasteiger partial charge in [-0.05, 0) is 303 Å². The predicted molar refractivity (Wildman–Crippen MR) is 506 cm³/mol. The molecule has 138 heavy (non-hydrogen) atoms. The van der Waals surface area contributed by atoms with Crippen molar-refractivity contribution in [3.63, 3.8) is 0 Å². The van der Waals surface area contributed by atoms with E-state index in [-0.39, 0.29) is 60.1 Å². The molecule has 3 aliphatic heterocycles. The summed E-state index contributed by atoms with van der Waals surface area (Å²) in [6.07, 6.45) is -9.55. The van der Waals surface area contributed by atoms with Crippen molar-refractivity contribution in [2.24, 2.45) is 0 Å². The molecule has 0 unspecified atom stereocenters. The average Bonchev–Trinajstić information content (AvgIpc) is 0.731. The molecule has 6 aromatic heterocycles. The van der Waals surface area contributed by atoms with Crippen LogP contribution in [-0.2, 0) is 67.6 Å². The lowest BCUT2D eigenvalue weighted by Gasteiger charge is -2.30. The standard InChI is InChI=1S/3C36H33F3N2O5/c1-20-18-27-25(11-13-29(41-27)44-19-22-6-8-24(9-7-22)45-36(37,38)39)32(30(20)34(21(2)42)46-35(3,4)5)26-10-12-28-31-23(15-17-43-28)14-16-40-33(26)31;1-20-17-27-25(10-12-29(41-27)44-19-22-7-6-8-24(18-22)45-36(37,38)39)32(30(20)34(21(2)42)46-35(3,4)5)26-9-11-28-31-23(14-16-43-28)13-15-40-33(26)31;1-20-18-26-24(11-13-29(43)41(26)19-23-8-6-7-9-27(23)45-36(37,38)39)32(30(20)34(21(2)42)46-35(3,4)5)25-10-12-28-31-22(15-17-44-28)14-16-40-33(25)31/h6-14,16,18,34H,15,17,19H2,1-5H3;6-13,15,17-18,34H,14,16,19H2,1-5H3;6-14,16,18,34H,15,17,19H2,1-5H3/t3*34-/m111/s1. The molecule has 15 aromatic rings. The summed E-state index contributed by atoms with van der Waals surface area (Å²) >= 11 is 0. The Balaban J connectivity index is 0.000000150. The number of Topliss-reactive ketones (excluding diaryl/α,β-unsaturated/α-hetero) is 3. The number of hydrogen-bond donors (Lipinski definition) is 0. The number of benzene rings is 9. The van der Waals surface area contributed by atoms with E-state index in [2.05, 4.69) is 14.2 Å². The molecular weight excluding hydrogens is 1790 g/mol. The summed E-state index contributed by atoms with van der Waals surface area (Å²) in [6, 6.07) is 50.3. The largest absolute Gasteiger partial charge is 0.573 e. The zero-order valence-electron chi connectivity index (χ0n) is 78.4. The van der Waals surface area contributed by atoms with E-state index in [0.29, 0.717) is 98.7 Å². The van der Waals surface area contributed by atoms with Crippen molar-refractivity contribution in [2.45, 2.75) is 197 Å². The summed E-state index contributed by atoms with van der Waals surface area (Å²) in [4.78, 5) is 77.2. The summed E-state index contributed by atoms with van der Waals surface area (Å²) in [5.74, 6) is 1.36. The second kappa shape index (κ2) is 38.5. The van der Waals surface area contributed by atoms with E-state index in [1.54, 1.807) is 55.0 Å². The highest BCUT2D eigenvalue weighted by Crippen LogP contribution is 2.51. The highest BCUT2D eigenvalue weighted by molar-refractivity contribution is 6.12. The number of aromatic nitrogens is 6. The molecule has 0 saturated carbocycles. The van der Waals surface area contributed by atoms with E-state index in [1.807, 2.05) is 162 Å². The van der Waals surface area contributed by atoms with Gasteiger partial charge >= 0.3 is 19.1 Å². The minimum absolute atomic E-state index is 0.0257. The van der Waals surface area contributed by atoms with Crippen molar-refractivity contribution in [3.8, 4) is 79.6 Å². The number of fused-ring (bicyclic) bond motifs is 3. The summed E-state index contributed by atoms with van der Waals surface area (Å²) in [5, 5.41) is 4.91. The normalized spacial score (nSPS) is 13.9. The maximum Gasteiger partial charge on any atom is 0.573 e. The topological polar surface area (TPSA) is 239 Å². The van der Waals surface area contributed by atoms with Gasteiger partial charge in [-0.1, -0.05) is 42.5 Å². The molecule has 30 heteroatoms.